The van der Waals surface area contributed by atoms with E-state index in [0.717, 1.165) is 11.1 Å². The Morgan fingerprint density at radius 2 is 1.93 bits per heavy atom. The van der Waals surface area contributed by atoms with Gasteiger partial charge in [-0.1, -0.05) is 53.2 Å². The van der Waals surface area contributed by atoms with Gasteiger partial charge in [0.25, 0.3) is 0 Å². The zero-order valence-electron chi connectivity index (χ0n) is 15.2. The Hall–Kier alpha value is -2.61. The van der Waals surface area contributed by atoms with Crippen LogP contribution in [0.1, 0.15) is 6.92 Å². The van der Waals surface area contributed by atoms with Crippen LogP contribution in [0, 0.1) is 0 Å². The van der Waals surface area contributed by atoms with E-state index in [4.69, 9.17) is 23.2 Å². The first kappa shape index (κ1) is 19.7. The highest BCUT2D eigenvalue weighted by Crippen LogP contribution is 2.30. The predicted octanol–water partition coefficient (Wildman–Crippen LogP) is 5.24. The number of carbonyl (C=O) groups excluding carboxylic acids is 1. The van der Waals surface area contributed by atoms with Crippen LogP contribution in [0.25, 0.3) is 16.7 Å². The lowest BCUT2D eigenvalue weighted by molar-refractivity contribution is -0.115. The second-order valence-electron chi connectivity index (χ2n) is 6.18. The molecule has 0 saturated carbocycles. The molecule has 1 atom stereocenters. The number of rotatable bonds is 5. The van der Waals surface area contributed by atoms with Crippen molar-refractivity contribution in [3.05, 3.63) is 71.1 Å². The second-order valence-corrected chi connectivity index (χ2v) is 8.35. The lowest BCUT2D eigenvalue weighted by atomic mass is 10.3. The van der Waals surface area contributed by atoms with Gasteiger partial charge in [-0.15, -0.1) is 0 Å². The number of benzene rings is 2. The number of aromatic nitrogens is 4. The van der Waals surface area contributed by atoms with Crippen molar-refractivity contribution in [1.29, 1.82) is 0 Å². The Bertz CT molecular complexity index is 1180. The highest BCUT2D eigenvalue weighted by atomic mass is 35.5. The van der Waals surface area contributed by atoms with Gasteiger partial charge in [-0.25, -0.2) is 14.6 Å². The number of fused-ring (bicyclic) bond motifs is 1. The van der Waals surface area contributed by atoms with Gasteiger partial charge in [-0.3, -0.25) is 4.79 Å². The Balaban J connectivity index is 1.56. The van der Waals surface area contributed by atoms with Crippen molar-refractivity contribution in [1.82, 2.24) is 19.7 Å². The quantitative estimate of drug-likeness (QED) is 0.337. The van der Waals surface area contributed by atoms with Crippen molar-refractivity contribution >= 4 is 57.6 Å². The number of hydrogen-bond donors (Lipinski definition) is 1. The molecule has 6 nitrogen and oxygen atoms in total. The maximum absolute atomic E-state index is 12.6. The van der Waals surface area contributed by atoms with Gasteiger partial charge in [0, 0.05) is 5.02 Å². The van der Waals surface area contributed by atoms with Gasteiger partial charge in [0.05, 0.1) is 33.2 Å². The molecule has 0 aliphatic carbocycles. The first-order valence-electron chi connectivity index (χ1n) is 8.69. The fraction of sp³-hybridized carbons (Fsp3) is 0.100. The SMILES string of the molecule is C[C@H](Sc1ncnc2c1cnn2-c1ccccc1)C(=O)Nc1ccc(Cl)cc1Cl. The molecule has 0 unspecified atom stereocenters. The number of para-hydroxylation sites is 1. The summed E-state index contributed by atoms with van der Waals surface area (Å²) in [5.74, 6) is -0.193. The van der Waals surface area contributed by atoms with Crippen LogP contribution in [-0.2, 0) is 4.79 Å². The molecular formula is C20H15Cl2N5OS. The van der Waals surface area contributed by atoms with E-state index >= 15 is 0 Å². The summed E-state index contributed by atoms with van der Waals surface area (Å²) >= 11 is 13.4. The molecule has 0 fully saturated rings. The largest absolute Gasteiger partial charge is 0.324 e. The van der Waals surface area contributed by atoms with E-state index in [1.165, 1.54) is 18.1 Å². The van der Waals surface area contributed by atoms with Crippen LogP contribution >= 0.6 is 35.0 Å². The number of hydrogen-bond acceptors (Lipinski definition) is 5. The minimum atomic E-state index is -0.417. The molecule has 29 heavy (non-hydrogen) atoms. The molecule has 0 aliphatic rings. The molecule has 2 aromatic carbocycles. The minimum absolute atomic E-state index is 0.193. The fourth-order valence-electron chi connectivity index (χ4n) is 2.72. The smallest absolute Gasteiger partial charge is 0.237 e. The van der Waals surface area contributed by atoms with Crippen LogP contribution < -0.4 is 5.32 Å². The van der Waals surface area contributed by atoms with E-state index in [1.54, 1.807) is 36.0 Å². The highest BCUT2D eigenvalue weighted by molar-refractivity contribution is 8.00. The molecule has 2 aromatic heterocycles. The number of amides is 1. The summed E-state index contributed by atoms with van der Waals surface area (Å²) in [6, 6.07) is 14.7. The maximum Gasteiger partial charge on any atom is 0.237 e. The predicted molar refractivity (Wildman–Crippen MR) is 117 cm³/mol. The molecule has 0 bridgehead atoms. The average Bonchev–Trinajstić information content (AvgIpc) is 3.16. The number of nitrogens with zero attached hydrogens (tertiary/aromatic N) is 4. The summed E-state index contributed by atoms with van der Waals surface area (Å²) in [5.41, 5.74) is 2.10. The molecule has 1 N–H and O–H groups in total. The van der Waals surface area contributed by atoms with E-state index in [9.17, 15) is 4.79 Å². The third-order valence-corrected chi connectivity index (χ3v) is 5.84. The summed E-state index contributed by atoms with van der Waals surface area (Å²) in [4.78, 5) is 21.3. The van der Waals surface area contributed by atoms with Crippen molar-refractivity contribution in [3.8, 4) is 5.69 Å². The van der Waals surface area contributed by atoms with E-state index in [0.29, 0.717) is 26.4 Å². The van der Waals surface area contributed by atoms with Crippen LogP contribution in [-0.4, -0.2) is 30.9 Å². The molecule has 0 spiro atoms. The zero-order valence-corrected chi connectivity index (χ0v) is 17.5. The fourth-order valence-corrected chi connectivity index (χ4v) is 4.06. The summed E-state index contributed by atoms with van der Waals surface area (Å²) in [5, 5.41) is 9.20. The van der Waals surface area contributed by atoms with Crippen molar-refractivity contribution < 1.29 is 4.79 Å². The zero-order chi connectivity index (χ0) is 20.4. The Morgan fingerprint density at radius 3 is 2.69 bits per heavy atom. The van der Waals surface area contributed by atoms with Crippen molar-refractivity contribution in [2.24, 2.45) is 0 Å². The van der Waals surface area contributed by atoms with Gasteiger partial charge in [0.2, 0.25) is 5.91 Å². The molecule has 4 rings (SSSR count). The molecular weight excluding hydrogens is 429 g/mol. The number of carbonyl (C=O) groups is 1. The Morgan fingerprint density at radius 1 is 1.14 bits per heavy atom. The van der Waals surface area contributed by atoms with E-state index in [-0.39, 0.29) is 5.91 Å². The highest BCUT2D eigenvalue weighted by Gasteiger charge is 2.19. The average molecular weight is 444 g/mol. The summed E-state index contributed by atoms with van der Waals surface area (Å²) in [6.45, 7) is 1.80. The summed E-state index contributed by atoms with van der Waals surface area (Å²) < 4.78 is 1.75. The Labute approximate surface area is 181 Å². The van der Waals surface area contributed by atoms with Crippen LogP contribution in [0.2, 0.25) is 10.0 Å². The van der Waals surface area contributed by atoms with Gasteiger partial charge in [-0.05, 0) is 37.3 Å². The normalized spacial score (nSPS) is 12.1. The van der Waals surface area contributed by atoms with Crippen LogP contribution in [0.3, 0.4) is 0 Å². The van der Waals surface area contributed by atoms with E-state index in [1.807, 2.05) is 30.3 Å². The van der Waals surface area contributed by atoms with E-state index < -0.39 is 5.25 Å². The number of halogens is 2. The summed E-state index contributed by atoms with van der Waals surface area (Å²) in [6.07, 6.45) is 3.19. The molecule has 0 saturated heterocycles. The van der Waals surface area contributed by atoms with Crippen LogP contribution in [0.5, 0.6) is 0 Å². The minimum Gasteiger partial charge on any atom is -0.324 e. The lowest BCUT2D eigenvalue weighted by Gasteiger charge is -2.13. The van der Waals surface area contributed by atoms with Gasteiger partial charge in [-0.2, -0.15) is 5.10 Å². The molecule has 0 radical (unpaired) electrons. The van der Waals surface area contributed by atoms with Crippen LogP contribution in [0.4, 0.5) is 5.69 Å². The Kier molecular flexibility index (Phi) is 5.71. The number of nitrogens with one attached hydrogen (secondary N) is 1. The first-order valence-corrected chi connectivity index (χ1v) is 10.3. The van der Waals surface area contributed by atoms with Gasteiger partial charge in [0.15, 0.2) is 5.65 Å². The number of anilines is 1. The molecule has 0 aliphatic heterocycles. The van der Waals surface area contributed by atoms with Crippen molar-refractivity contribution in [2.75, 3.05) is 5.32 Å². The molecule has 9 heteroatoms. The standard InChI is InChI=1S/C20H15Cl2N5OS/c1-12(19(28)26-17-8-7-13(21)9-16(17)22)29-20-15-10-25-27(18(15)23-11-24-20)14-5-3-2-4-6-14/h2-12H,1H3,(H,26,28)/t12-/m0/s1. The van der Waals surface area contributed by atoms with Gasteiger partial charge >= 0.3 is 0 Å². The maximum atomic E-state index is 12.6. The van der Waals surface area contributed by atoms with Gasteiger partial charge < -0.3 is 5.32 Å². The number of thioether (sulfide) groups is 1. The van der Waals surface area contributed by atoms with Gasteiger partial charge in [0.1, 0.15) is 11.4 Å². The topological polar surface area (TPSA) is 72.7 Å². The lowest BCUT2D eigenvalue weighted by Crippen LogP contribution is -2.22. The van der Waals surface area contributed by atoms with E-state index in [2.05, 4.69) is 20.4 Å². The third kappa shape index (κ3) is 4.22. The second kappa shape index (κ2) is 8.41. The monoisotopic (exact) mass is 443 g/mol. The summed E-state index contributed by atoms with van der Waals surface area (Å²) in [7, 11) is 0. The molecule has 146 valence electrons. The van der Waals surface area contributed by atoms with Crippen molar-refractivity contribution in [3.63, 3.8) is 0 Å². The molecule has 4 aromatic rings. The third-order valence-electron chi connectivity index (χ3n) is 4.18. The van der Waals surface area contributed by atoms with Crippen LogP contribution in [0.15, 0.2) is 66.1 Å². The molecule has 1 amide bonds. The first-order chi connectivity index (χ1) is 14.0. The molecule has 2 heterocycles. The van der Waals surface area contributed by atoms with Crippen molar-refractivity contribution in [2.45, 2.75) is 17.2 Å².